The topological polar surface area (TPSA) is 55.4 Å². The summed E-state index contributed by atoms with van der Waals surface area (Å²) in [6, 6.07) is 7.15. The molecule has 0 saturated carbocycles. The molecule has 1 aromatic carbocycles. The van der Waals surface area contributed by atoms with Crippen LogP contribution < -0.4 is 5.32 Å². The van der Waals surface area contributed by atoms with Crippen LogP contribution in [0.2, 0.25) is 18.1 Å². The van der Waals surface area contributed by atoms with Gasteiger partial charge in [-0.15, -0.1) is 0 Å². The third-order valence-electron chi connectivity index (χ3n) is 5.39. The van der Waals surface area contributed by atoms with Gasteiger partial charge in [0, 0.05) is 0 Å². The minimum absolute atomic E-state index is 0.105. The summed E-state index contributed by atoms with van der Waals surface area (Å²) in [6.07, 6.45) is 0.589. The van der Waals surface area contributed by atoms with Crippen molar-refractivity contribution in [1.29, 1.82) is 0 Å². The molecule has 1 amide bonds. The standard InChI is InChI=1S/C23H35F2NO3Si/c1-21(2,3)29-20(28)26-18(16-17-12-10-9-11-13-17)23(24,25)15-14-19(27)30(7,8)22(4,5)6/h9-15,18H,16H2,1-8H3,(H,26,28)/b15-14+. The number of halogens is 2. The predicted octanol–water partition coefficient (Wildman–Crippen LogP) is 5.93. The third-order valence-corrected chi connectivity index (χ3v) is 10.5. The van der Waals surface area contributed by atoms with Crippen molar-refractivity contribution in [3.63, 3.8) is 0 Å². The van der Waals surface area contributed by atoms with E-state index in [0.29, 0.717) is 11.6 Å². The second kappa shape index (κ2) is 9.41. The normalized spacial score (nSPS) is 14.5. The fourth-order valence-corrected chi connectivity index (χ4v) is 3.70. The van der Waals surface area contributed by atoms with Crippen molar-refractivity contribution < 1.29 is 23.1 Å². The Morgan fingerprint density at radius 3 is 2.07 bits per heavy atom. The fourth-order valence-electron chi connectivity index (χ4n) is 2.46. The van der Waals surface area contributed by atoms with Crippen LogP contribution in [-0.2, 0) is 16.0 Å². The minimum Gasteiger partial charge on any atom is -0.444 e. The highest BCUT2D eigenvalue weighted by Crippen LogP contribution is 2.37. The molecule has 0 saturated heterocycles. The molecule has 1 rings (SSSR count). The second-order valence-electron chi connectivity index (χ2n) is 10.1. The first-order valence-corrected chi connectivity index (χ1v) is 13.1. The third kappa shape index (κ3) is 7.67. The molecule has 0 fully saturated rings. The van der Waals surface area contributed by atoms with E-state index in [0.717, 1.165) is 6.08 Å². The van der Waals surface area contributed by atoms with Gasteiger partial charge >= 0.3 is 6.09 Å². The number of carbonyl (C=O) groups excluding carboxylic acids is 2. The molecule has 1 aromatic rings. The van der Waals surface area contributed by atoms with E-state index in [4.69, 9.17) is 4.74 Å². The lowest BCUT2D eigenvalue weighted by atomic mass is 10.00. The molecule has 0 aliphatic carbocycles. The molecule has 0 radical (unpaired) electrons. The van der Waals surface area contributed by atoms with Gasteiger partial charge in [0.2, 0.25) is 0 Å². The number of carbonyl (C=O) groups is 2. The summed E-state index contributed by atoms with van der Waals surface area (Å²) in [5, 5.41) is 1.77. The van der Waals surface area contributed by atoms with E-state index in [1.165, 1.54) is 0 Å². The number of ether oxygens (including phenoxy) is 1. The molecule has 1 atom stereocenters. The van der Waals surface area contributed by atoms with Gasteiger partial charge in [0.25, 0.3) is 5.92 Å². The van der Waals surface area contributed by atoms with E-state index in [9.17, 15) is 9.59 Å². The molecule has 0 heterocycles. The lowest BCUT2D eigenvalue weighted by molar-refractivity contribution is -0.109. The Bertz CT molecular complexity index is 763. The highest BCUT2D eigenvalue weighted by atomic mass is 28.3. The van der Waals surface area contributed by atoms with Crippen LogP contribution in [0.25, 0.3) is 0 Å². The van der Waals surface area contributed by atoms with Gasteiger partial charge in [-0.05, 0) is 49.9 Å². The molecule has 0 bridgehead atoms. The summed E-state index contributed by atoms with van der Waals surface area (Å²) in [6.45, 7) is 14.6. The van der Waals surface area contributed by atoms with Crippen molar-refractivity contribution in [3.05, 3.63) is 48.0 Å². The van der Waals surface area contributed by atoms with E-state index >= 15 is 8.78 Å². The van der Waals surface area contributed by atoms with Gasteiger partial charge in [-0.3, -0.25) is 0 Å². The van der Waals surface area contributed by atoms with Gasteiger partial charge in [-0.2, -0.15) is 8.78 Å². The maximum absolute atomic E-state index is 15.1. The average Bonchev–Trinajstić information content (AvgIpc) is 2.57. The molecule has 0 aliphatic rings. The Labute approximate surface area is 180 Å². The molecular weight excluding hydrogens is 404 g/mol. The van der Waals surface area contributed by atoms with E-state index in [1.807, 2.05) is 33.9 Å². The largest absolute Gasteiger partial charge is 0.444 e. The Morgan fingerprint density at radius 1 is 1.07 bits per heavy atom. The summed E-state index contributed by atoms with van der Waals surface area (Å²) in [4.78, 5) is 24.9. The van der Waals surface area contributed by atoms with Crippen LogP contribution in [0.4, 0.5) is 13.6 Å². The Hall–Kier alpha value is -2.02. The van der Waals surface area contributed by atoms with Gasteiger partial charge in [-0.25, -0.2) is 4.79 Å². The molecule has 0 spiro atoms. The zero-order valence-corrected chi connectivity index (χ0v) is 20.3. The summed E-state index contributed by atoms with van der Waals surface area (Å²) in [5.41, 5.74) is -0.174. The molecule has 4 nitrogen and oxygen atoms in total. The smallest absolute Gasteiger partial charge is 0.408 e. The summed E-state index contributed by atoms with van der Waals surface area (Å²) in [7, 11) is -2.45. The summed E-state index contributed by atoms with van der Waals surface area (Å²) < 4.78 is 35.4. The Morgan fingerprint density at radius 2 is 1.60 bits per heavy atom. The number of benzene rings is 1. The predicted molar refractivity (Wildman–Crippen MR) is 120 cm³/mol. The Balaban J connectivity index is 3.13. The fraction of sp³-hybridized carbons (Fsp3) is 0.565. The zero-order chi connectivity index (χ0) is 23.4. The van der Waals surface area contributed by atoms with Gasteiger partial charge < -0.3 is 14.8 Å². The van der Waals surface area contributed by atoms with E-state index in [2.05, 4.69) is 5.32 Å². The lowest BCUT2D eigenvalue weighted by Gasteiger charge is -2.34. The molecule has 30 heavy (non-hydrogen) atoms. The van der Waals surface area contributed by atoms with Gasteiger partial charge in [0.15, 0.2) is 0 Å². The number of amides is 1. The summed E-state index contributed by atoms with van der Waals surface area (Å²) >= 11 is 0. The molecule has 7 heteroatoms. The first-order chi connectivity index (χ1) is 13.5. The highest BCUT2D eigenvalue weighted by Gasteiger charge is 2.43. The van der Waals surface area contributed by atoms with Crippen LogP contribution >= 0.6 is 0 Å². The summed E-state index contributed by atoms with van der Waals surface area (Å²) in [5.74, 6) is -3.44. The SMILES string of the molecule is CC(C)(C)OC(=O)NC(Cc1ccccc1)C(F)(F)/C=C/C(=O)[Si](C)(C)C(C)(C)C. The zero-order valence-electron chi connectivity index (χ0n) is 19.3. The quantitative estimate of drug-likeness (QED) is 0.423. The van der Waals surface area contributed by atoms with Crippen LogP contribution in [0.3, 0.4) is 0 Å². The van der Waals surface area contributed by atoms with Gasteiger partial charge in [0.05, 0.1) is 0 Å². The number of hydrogen-bond acceptors (Lipinski definition) is 3. The first kappa shape index (κ1) is 26.0. The maximum Gasteiger partial charge on any atom is 0.408 e. The maximum atomic E-state index is 15.1. The number of rotatable bonds is 7. The number of allylic oxidation sites excluding steroid dienone is 1. The Kier molecular flexibility index (Phi) is 8.16. The monoisotopic (exact) mass is 439 g/mol. The van der Waals surface area contributed by atoms with E-state index in [-0.39, 0.29) is 16.9 Å². The molecule has 0 aliphatic heterocycles. The van der Waals surface area contributed by atoms with Crippen LogP contribution in [-0.4, -0.2) is 37.1 Å². The number of hydrogen-bond donors (Lipinski definition) is 1. The van der Waals surface area contributed by atoms with Crippen molar-refractivity contribution >= 4 is 19.6 Å². The average molecular weight is 440 g/mol. The van der Waals surface area contributed by atoms with Crippen molar-refractivity contribution in [1.82, 2.24) is 5.32 Å². The van der Waals surface area contributed by atoms with Crippen molar-refractivity contribution in [2.75, 3.05) is 0 Å². The lowest BCUT2D eigenvalue weighted by Crippen LogP contribution is -2.50. The van der Waals surface area contributed by atoms with Gasteiger partial charge in [0.1, 0.15) is 25.1 Å². The number of nitrogens with one attached hydrogen (secondary N) is 1. The molecule has 1 N–H and O–H groups in total. The molecule has 0 aromatic heterocycles. The highest BCUT2D eigenvalue weighted by molar-refractivity contribution is 7.07. The van der Waals surface area contributed by atoms with Crippen LogP contribution in [0.5, 0.6) is 0 Å². The second-order valence-corrected chi connectivity index (χ2v) is 15.4. The van der Waals surface area contributed by atoms with Crippen molar-refractivity contribution in [3.8, 4) is 0 Å². The number of alkyl halides is 2. The molecule has 1 unspecified atom stereocenters. The molecular formula is C23H35F2NO3Si. The van der Waals surface area contributed by atoms with E-state index < -0.39 is 31.7 Å². The first-order valence-electron chi connectivity index (χ1n) is 10.1. The molecule has 168 valence electrons. The van der Waals surface area contributed by atoms with Gasteiger partial charge in [-0.1, -0.05) is 64.2 Å². The van der Waals surface area contributed by atoms with Crippen LogP contribution in [0, 0.1) is 0 Å². The van der Waals surface area contributed by atoms with Crippen molar-refractivity contribution in [2.45, 2.75) is 83.7 Å². The minimum atomic E-state index is -3.44. The van der Waals surface area contributed by atoms with Crippen LogP contribution in [0.1, 0.15) is 47.1 Å². The van der Waals surface area contributed by atoms with E-state index in [1.54, 1.807) is 51.1 Å². The number of alkyl carbamates (subject to hydrolysis) is 1. The van der Waals surface area contributed by atoms with Crippen molar-refractivity contribution in [2.24, 2.45) is 0 Å². The van der Waals surface area contributed by atoms with Crippen LogP contribution in [0.15, 0.2) is 42.5 Å².